The molecule has 26 heavy (non-hydrogen) atoms. The summed E-state index contributed by atoms with van der Waals surface area (Å²) in [5.74, 6) is -0.503. The fourth-order valence-corrected chi connectivity index (χ4v) is 3.56. The van der Waals surface area contributed by atoms with Gasteiger partial charge in [0.25, 0.3) is 5.91 Å². The van der Waals surface area contributed by atoms with Crippen molar-refractivity contribution in [1.82, 2.24) is 14.7 Å². The number of nitrogens with zero attached hydrogens (tertiary/aromatic N) is 3. The number of amides is 1. The number of aromatic nitrogens is 2. The molecule has 1 amide bonds. The first-order valence-electron chi connectivity index (χ1n) is 9.12. The molecule has 0 saturated carbocycles. The summed E-state index contributed by atoms with van der Waals surface area (Å²) >= 11 is 0. The van der Waals surface area contributed by atoms with Crippen LogP contribution in [-0.2, 0) is 11.3 Å². The van der Waals surface area contributed by atoms with Crippen LogP contribution in [0.4, 0.5) is 0 Å². The second-order valence-corrected chi connectivity index (χ2v) is 6.98. The van der Waals surface area contributed by atoms with Crippen molar-refractivity contribution < 1.29 is 14.7 Å². The van der Waals surface area contributed by atoms with Crippen LogP contribution >= 0.6 is 0 Å². The first-order chi connectivity index (χ1) is 12.5. The number of hydrogen-bond acceptors (Lipinski definition) is 3. The summed E-state index contributed by atoms with van der Waals surface area (Å²) in [6.07, 6.45) is 4.37. The molecule has 1 fully saturated rings. The van der Waals surface area contributed by atoms with Gasteiger partial charge >= 0.3 is 5.97 Å². The van der Waals surface area contributed by atoms with Crippen molar-refractivity contribution in [1.29, 1.82) is 0 Å². The molecule has 1 aromatic carbocycles. The quantitative estimate of drug-likeness (QED) is 0.864. The first-order valence-corrected chi connectivity index (χ1v) is 9.12. The molecular weight excluding hydrogens is 330 g/mol. The summed E-state index contributed by atoms with van der Waals surface area (Å²) in [4.78, 5) is 25.6. The number of rotatable bonds is 6. The van der Waals surface area contributed by atoms with Crippen LogP contribution in [0.15, 0.2) is 36.5 Å². The lowest BCUT2D eigenvalue weighted by Gasteiger charge is -2.32. The molecule has 2 heterocycles. The second kappa shape index (κ2) is 8.17. The van der Waals surface area contributed by atoms with Gasteiger partial charge in [-0.15, -0.1) is 0 Å². The number of hydrogen-bond donors (Lipinski definition) is 1. The van der Waals surface area contributed by atoms with Gasteiger partial charge in [-0.3, -0.25) is 14.3 Å². The number of benzene rings is 1. The zero-order chi connectivity index (χ0) is 18.5. The van der Waals surface area contributed by atoms with E-state index in [0.29, 0.717) is 25.1 Å². The number of aliphatic carboxylic acids is 1. The highest BCUT2D eigenvalue weighted by Gasteiger charge is 2.27. The minimum absolute atomic E-state index is 0.00170. The Morgan fingerprint density at radius 2 is 2.04 bits per heavy atom. The van der Waals surface area contributed by atoms with E-state index in [9.17, 15) is 9.59 Å². The monoisotopic (exact) mass is 355 g/mol. The van der Waals surface area contributed by atoms with E-state index >= 15 is 0 Å². The van der Waals surface area contributed by atoms with E-state index in [-0.39, 0.29) is 18.2 Å². The smallest absolute Gasteiger partial charge is 0.303 e. The van der Waals surface area contributed by atoms with Crippen molar-refractivity contribution in [2.24, 2.45) is 5.92 Å². The largest absolute Gasteiger partial charge is 0.481 e. The topological polar surface area (TPSA) is 75.4 Å². The molecule has 6 nitrogen and oxygen atoms in total. The van der Waals surface area contributed by atoms with E-state index < -0.39 is 5.97 Å². The number of likely N-dealkylation sites (tertiary alicyclic amines) is 1. The maximum Gasteiger partial charge on any atom is 0.303 e. The molecule has 3 rings (SSSR count). The third-order valence-electron chi connectivity index (χ3n) is 5.08. The number of piperidine rings is 1. The molecule has 1 N–H and O–H groups in total. The minimum atomic E-state index is -0.772. The third-order valence-corrected chi connectivity index (χ3v) is 5.08. The highest BCUT2D eigenvalue weighted by molar-refractivity contribution is 5.95. The number of carbonyl (C=O) groups excluding carboxylic acids is 1. The molecule has 0 spiro atoms. The lowest BCUT2D eigenvalue weighted by Crippen LogP contribution is -2.40. The van der Waals surface area contributed by atoms with Crippen LogP contribution in [0.3, 0.4) is 0 Å². The van der Waals surface area contributed by atoms with Gasteiger partial charge in [0.1, 0.15) is 0 Å². The summed E-state index contributed by atoms with van der Waals surface area (Å²) in [7, 11) is 0. The Balaban J connectivity index is 1.67. The second-order valence-electron chi connectivity index (χ2n) is 6.98. The summed E-state index contributed by atoms with van der Waals surface area (Å²) < 4.78 is 1.86. The van der Waals surface area contributed by atoms with E-state index in [1.54, 1.807) is 6.20 Å². The van der Waals surface area contributed by atoms with Gasteiger partial charge in [-0.05, 0) is 37.7 Å². The average Bonchev–Trinajstić information content (AvgIpc) is 3.01. The van der Waals surface area contributed by atoms with E-state index in [1.807, 2.05) is 46.8 Å². The highest BCUT2D eigenvalue weighted by atomic mass is 16.4. The molecule has 1 saturated heterocycles. The van der Waals surface area contributed by atoms with Crippen LogP contribution in [-0.4, -0.2) is 44.8 Å². The van der Waals surface area contributed by atoms with E-state index in [1.165, 1.54) is 0 Å². The Morgan fingerprint density at radius 3 is 2.77 bits per heavy atom. The summed E-state index contributed by atoms with van der Waals surface area (Å²) in [5.41, 5.74) is 2.65. The molecule has 1 aliphatic heterocycles. The Kier molecular flexibility index (Phi) is 5.71. The summed E-state index contributed by atoms with van der Waals surface area (Å²) in [6.45, 7) is 3.93. The van der Waals surface area contributed by atoms with Crippen molar-refractivity contribution >= 4 is 11.9 Å². The molecule has 2 aromatic rings. The van der Waals surface area contributed by atoms with Gasteiger partial charge in [0, 0.05) is 25.2 Å². The molecule has 1 aliphatic rings. The van der Waals surface area contributed by atoms with Crippen LogP contribution in [0.5, 0.6) is 0 Å². The Hall–Kier alpha value is -2.63. The van der Waals surface area contributed by atoms with Crippen molar-refractivity contribution in [2.45, 2.75) is 39.2 Å². The van der Waals surface area contributed by atoms with Gasteiger partial charge in [-0.2, -0.15) is 5.10 Å². The molecule has 0 aliphatic carbocycles. The zero-order valence-corrected chi connectivity index (χ0v) is 15.1. The first kappa shape index (κ1) is 18.2. The molecule has 138 valence electrons. The van der Waals surface area contributed by atoms with Crippen LogP contribution in [0.2, 0.25) is 0 Å². The maximum absolute atomic E-state index is 12.9. The molecule has 6 heteroatoms. The van der Waals surface area contributed by atoms with Crippen molar-refractivity contribution in [3.63, 3.8) is 0 Å². The van der Waals surface area contributed by atoms with Gasteiger partial charge in [-0.1, -0.05) is 30.3 Å². The van der Waals surface area contributed by atoms with Gasteiger partial charge in [0.2, 0.25) is 0 Å². The molecule has 1 atom stereocenters. The van der Waals surface area contributed by atoms with Crippen LogP contribution in [0.1, 0.15) is 47.3 Å². The van der Waals surface area contributed by atoms with Gasteiger partial charge < -0.3 is 10.0 Å². The van der Waals surface area contributed by atoms with Gasteiger partial charge in [-0.25, -0.2) is 0 Å². The SMILES string of the molecule is Cc1c(C(=O)N2CCC[C@@H](CCC(=O)O)C2)cnn1Cc1ccccc1. The Labute approximate surface area is 153 Å². The predicted molar refractivity (Wildman–Crippen MR) is 98.0 cm³/mol. The standard InChI is InChI=1S/C20H25N3O3/c1-15-18(12-21-23(15)14-16-6-3-2-4-7-16)20(26)22-11-5-8-17(13-22)9-10-19(24)25/h2-4,6-7,12,17H,5,8-11,13-14H2,1H3,(H,24,25)/t17-/m0/s1. The van der Waals surface area contributed by atoms with Crippen LogP contribution in [0.25, 0.3) is 0 Å². The van der Waals surface area contributed by atoms with Crippen LogP contribution < -0.4 is 0 Å². The highest BCUT2D eigenvalue weighted by Crippen LogP contribution is 2.23. The number of carbonyl (C=O) groups is 2. The normalized spacial score (nSPS) is 17.3. The van der Waals surface area contributed by atoms with Crippen molar-refractivity contribution in [3.05, 3.63) is 53.3 Å². The summed E-state index contributed by atoms with van der Waals surface area (Å²) in [6, 6.07) is 10.0. The lowest BCUT2D eigenvalue weighted by atomic mass is 9.93. The van der Waals surface area contributed by atoms with E-state index in [4.69, 9.17) is 5.11 Å². The van der Waals surface area contributed by atoms with E-state index in [0.717, 1.165) is 30.6 Å². The van der Waals surface area contributed by atoms with Crippen molar-refractivity contribution in [3.8, 4) is 0 Å². The fourth-order valence-electron chi connectivity index (χ4n) is 3.56. The van der Waals surface area contributed by atoms with Gasteiger partial charge in [0.05, 0.1) is 18.3 Å². The number of carboxylic acids is 1. The minimum Gasteiger partial charge on any atom is -0.481 e. The number of carboxylic acid groups (broad SMARTS) is 1. The predicted octanol–water partition coefficient (Wildman–Crippen LogP) is 2.96. The van der Waals surface area contributed by atoms with E-state index in [2.05, 4.69) is 5.10 Å². The lowest BCUT2D eigenvalue weighted by molar-refractivity contribution is -0.137. The maximum atomic E-state index is 12.9. The summed E-state index contributed by atoms with van der Waals surface area (Å²) in [5, 5.41) is 13.3. The molecule has 0 bridgehead atoms. The van der Waals surface area contributed by atoms with Gasteiger partial charge in [0.15, 0.2) is 0 Å². The fraction of sp³-hybridized carbons (Fsp3) is 0.450. The molecular formula is C20H25N3O3. The molecule has 0 unspecified atom stereocenters. The molecule has 1 aromatic heterocycles. The molecule has 0 radical (unpaired) electrons. The average molecular weight is 355 g/mol. The van der Waals surface area contributed by atoms with Crippen LogP contribution in [0, 0.1) is 12.8 Å². The van der Waals surface area contributed by atoms with Crippen molar-refractivity contribution in [2.75, 3.05) is 13.1 Å². The zero-order valence-electron chi connectivity index (χ0n) is 15.1. The Morgan fingerprint density at radius 1 is 1.27 bits per heavy atom. The third kappa shape index (κ3) is 4.31. The Bertz CT molecular complexity index is 770.